The monoisotopic (exact) mass is 374 g/mol. The zero-order valence-electron chi connectivity index (χ0n) is 16.3. The molecule has 0 amide bonds. The Bertz CT molecular complexity index is 1060. The van der Waals surface area contributed by atoms with E-state index in [-0.39, 0.29) is 0 Å². The van der Waals surface area contributed by atoms with Crippen LogP contribution in [0, 0.1) is 0 Å². The average Bonchev–Trinajstić information content (AvgIpc) is 3.29. The fraction of sp³-hybridized carbons (Fsp3) is 0.417. The molecule has 0 saturated heterocycles. The third-order valence-corrected chi connectivity index (χ3v) is 6.52. The summed E-state index contributed by atoms with van der Waals surface area (Å²) in [5, 5.41) is 11.0. The number of aryl methyl sites for hydroxylation is 1. The normalized spacial score (nSPS) is 17.5. The number of hydrogen-bond acceptors (Lipinski definition) is 2. The van der Waals surface area contributed by atoms with Crippen molar-refractivity contribution < 1.29 is 9.90 Å². The maximum atomic E-state index is 11.8. The first kappa shape index (κ1) is 17.5. The summed E-state index contributed by atoms with van der Waals surface area (Å²) in [4.78, 5) is 16.4. The van der Waals surface area contributed by atoms with E-state index in [2.05, 4.69) is 41.0 Å². The number of benzene rings is 1. The summed E-state index contributed by atoms with van der Waals surface area (Å²) in [5.41, 5.74) is 5.92. The second-order valence-electron chi connectivity index (χ2n) is 8.55. The van der Waals surface area contributed by atoms with Crippen molar-refractivity contribution in [3.63, 3.8) is 0 Å². The van der Waals surface area contributed by atoms with Gasteiger partial charge in [-0.2, -0.15) is 0 Å². The molecule has 2 aliphatic rings. The number of carboxylic acids is 1. The molecular formula is C24H26N2O2. The number of hydrogen-bond donors (Lipinski definition) is 1. The fourth-order valence-corrected chi connectivity index (χ4v) is 4.81. The quantitative estimate of drug-likeness (QED) is 0.651. The number of carbonyl (C=O) groups is 1. The number of rotatable bonds is 5. The van der Waals surface area contributed by atoms with Gasteiger partial charge in [0.25, 0.3) is 0 Å². The van der Waals surface area contributed by atoms with E-state index < -0.39 is 5.97 Å². The summed E-state index contributed by atoms with van der Waals surface area (Å²) in [7, 11) is 2.11. The SMILES string of the molecule is Cn1cc(C2CCCC2)c2cc(Cc3ncc(C4CC4)cc3C(=O)O)ccc21. The fourth-order valence-electron chi connectivity index (χ4n) is 4.81. The Morgan fingerprint density at radius 2 is 1.93 bits per heavy atom. The highest BCUT2D eigenvalue weighted by Gasteiger charge is 2.26. The first-order chi connectivity index (χ1) is 13.6. The Morgan fingerprint density at radius 3 is 2.64 bits per heavy atom. The van der Waals surface area contributed by atoms with Gasteiger partial charge in [-0.3, -0.25) is 4.98 Å². The number of aromatic carboxylic acids is 1. The minimum absolute atomic E-state index is 0.355. The van der Waals surface area contributed by atoms with Crippen LogP contribution in [0.25, 0.3) is 10.9 Å². The average molecular weight is 374 g/mol. The molecule has 2 aliphatic carbocycles. The zero-order valence-corrected chi connectivity index (χ0v) is 16.3. The van der Waals surface area contributed by atoms with E-state index >= 15 is 0 Å². The van der Waals surface area contributed by atoms with Gasteiger partial charge in [-0.1, -0.05) is 18.9 Å². The van der Waals surface area contributed by atoms with Crippen molar-refractivity contribution in [1.82, 2.24) is 9.55 Å². The van der Waals surface area contributed by atoms with E-state index in [0.29, 0.717) is 29.5 Å². The largest absolute Gasteiger partial charge is 0.478 e. The third-order valence-electron chi connectivity index (χ3n) is 6.52. The summed E-state index contributed by atoms with van der Waals surface area (Å²) in [5.74, 6) is 0.288. The molecule has 0 spiro atoms. The summed E-state index contributed by atoms with van der Waals surface area (Å²) in [6.07, 6.45) is 12.2. The highest BCUT2D eigenvalue weighted by molar-refractivity contribution is 5.89. The molecule has 0 atom stereocenters. The first-order valence-corrected chi connectivity index (χ1v) is 10.4. The van der Waals surface area contributed by atoms with Crippen LogP contribution in [0.3, 0.4) is 0 Å². The molecule has 0 bridgehead atoms. The molecule has 28 heavy (non-hydrogen) atoms. The van der Waals surface area contributed by atoms with E-state index in [1.807, 2.05) is 12.3 Å². The van der Waals surface area contributed by atoms with Crippen molar-refractivity contribution in [1.29, 1.82) is 0 Å². The van der Waals surface area contributed by atoms with Crippen LogP contribution in [0.1, 0.15) is 83.1 Å². The molecule has 2 aromatic heterocycles. The molecule has 144 valence electrons. The van der Waals surface area contributed by atoms with Crippen molar-refractivity contribution in [2.45, 2.75) is 56.8 Å². The van der Waals surface area contributed by atoms with Crippen molar-refractivity contribution in [2.75, 3.05) is 0 Å². The predicted octanol–water partition coefficient (Wildman–Crippen LogP) is 5.40. The van der Waals surface area contributed by atoms with Gasteiger partial charge in [-0.05, 0) is 72.4 Å². The van der Waals surface area contributed by atoms with Gasteiger partial charge in [-0.25, -0.2) is 4.79 Å². The van der Waals surface area contributed by atoms with Crippen molar-refractivity contribution in [3.8, 4) is 0 Å². The first-order valence-electron chi connectivity index (χ1n) is 10.4. The smallest absolute Gasteiger partial charge is 0.337 e. The van der Waals surface area contributed by atoms with Crippen molar-refractivity contribution in [2.24, 2.45) is 7.05 Å². The molecule has 0 unspecified atom stereocenters. The number of fused-ring (bicyclic) bond motifs is 1. The topological polar surface area (TPSA) is 55.1 Å². The molecule has 4 heteroatoms. The van der Waals surface area contributed by atoms with Crippen LogP contribution >= 0.6 is 0 Å². The Morgan fingerprint density at radius 1 is 1.14 bits per heavy atom. The van der Waals surface area contributed by atoms with Gasteiger partial charge in [0.1, 0.15) is 0 Å². The lowest BCUT2D eigenvalue weighted by Crippen LogP contribution is -2.07. The van der Waals surface area contributed by atoms with E-state index in [0.717, 1.165) is 24.0 Å². The minimum Gasteiger partial charge on any atom is -0.478 e. The Balaban J connectivity index is 1.51. The van der Waals surface area contributed by atoms with Crippen molar-refractivity contribution >= 4 is 16.9 Å². The van der Waals surface area contributed by atoms with Crippen LogP contribution in [0.2, 0.25) is 0 Å². The van der Waals surface area contributed by atoms with E-state index in [1.54, 1.807) is 0 Å². The summed E-state index contributed by atoms with van der Waals surface area (Å²) in [6, 6.07) is 8.38. The molecule has 4 nitrogen and oxygen atoms in total. The number of carboxylic acid groups (broad SMARTS) is 1. The molecule has 2 heterocycles. The van der Waals surface area contributed by atoms with Gasteiger partial charge in [0.05, 0.1) is 11.3 Å². The Kier molecular flexibility index (Phi) is 4.22. The van der Waals surface area contributed by atoms with Crippen LogP contribution in [-0.2, 0) is 13.5 Å². The molecule has 1 N–H and O–H groups in total. The van der Waals surface area contributed by atoms with Gasteiger partial charge in [0, 0.05) is 36.8 Å². The predicted molar refractivity (Wildman–Crippen MR) is 110 cm³/mol. The second kappa shape index (κ2) is 6.77. The van der Waals surface area contributed by atoms with Gasteiger partial charge in [-0.15, -0.1) is 0 Å². The van der Waals surface area contributed by atoms with Crippen LogP contribution < -0.4 is 0 Å². The van der Waals surface area contributed by atoms with Gasteiger partial charge in [0.15, 0.2) is 0 Å². The Hall–Kier alpha value is -2.62. The lowest BCUT2D eigenvalue weighted by atomic mass is 9.95. The molecule has 1 aromatic carbocycles. The van der Waals surface area contributed by atoms with Crippen molar-refractivity contribution in [3.05, 3.63) is 64.6 Å². The van der Waals surface area contributed by atoms with E-state index in [1.165, 1.54) is 42.1 Å². The standard InChI is InChI=1S/C24H26N2O2/c1-26-14-21(17-4-2-3-5-17)19-10-15(6-9-23(19)26)11-22-20(24(27)28)12-18(13-25-22)16-7-8-16/h6,9-10,12-14,16-17H,2-5,7-8,11H2,1H3,(H,27,28). The number of aromatic nitrogens is 2. The van der Waals surface area contributed by atoms with Gasteiger partial charge < -0.3 is 9.67 Å². The van der Waals surface area contributed by atoms with Crippen LogP contribution in [0.4, 0.5) is 0 Å². The van der Waals surface area contributed by atoms with Crippen LogP contribution in [0.5, 0.6) is 0 Å². The number of pyridine rings is 1. The highest BCUT2D eigenvalue weighted by Crippen LogP contribution is 2.41. The van der Waals surface area contributed by atoms with Crippen LogP contribution in [-0.4, -0.2) is 20.6 Å². The number of nitrogens with zero attached hydrogens (tertiary/aromatic N) is 2. The summed E-state index contributed by atoms with van der Waals surface area (Å²) in [6.45, 7) is 0. The maximum absolute atomic E-state index is 11.8. The molecule has 5 rings (SSSR count). The van der Waals surface area contributed by atoms with E-state index in [9.17, 15) is 9.90 Å². The molecule has 2 fully saturated rings. The van der Waals surface area contributed by atoms with Gasteiger partial charge >= 0.3 is 5.97 Å². The van der Waals surface area contributed by atoms with Crippen LogP contribution in [0.15, 0.2) is 36.7 Å². The molecule has 2 saturated carbocycles. The van der Waals surface area contributed by atoms with E-state index in [4.69, 9.17) is 0 Å². The second-order valence-corrected chi connectivity index (χ2v) is 8.55. The molecule has 0 radical (unpaired) electrons. The lowest BCUT2D eigenvalue weighted by Gasteiger charge is -2.10. The third kappa shape index (κ3) is 3.11. The summed E-state index contributed by atoms with van der Waals surface area (Å²) >= 11 is 0. The lowest BCUT2D eigenvalue weighted by molar-refractivity contribution is 0.0695. The minimum atomic E-state index is -0.877. The zero-order chi connectivity index (χ0) is 19.3. The molecule has 3 aromatic rings. The molecular weight excluding hydrogens is 348 g/mol. The Labute approximate surface area is 165 Å². The maximum Gasteiger partial charge on any atom is 0.337 e. The molecule has 0 aliphatic heterocycles. The highest BCUT2D eigenvalue weighted by atomic mass is 16.4. The summed E-state index contributed by atoms with van der Waals surface area (Å²) < 4.78 is 2.22. The van der Waals surface area contributed by atoms with Gasteiger partial charge in [0.2, 0.25) is 0 Å².